The van der Waals surface area contributed by atoms with Crippen molar-refractivity contribution in [3.05, 3.63) is 41.4 Å². The summed E-state index contributed by atoms with van der Waals surface area (Å²) in [6, 6.07) is 9.11. The highest BCUT2D eigenvalue weighted by Crippen LogP contribution is 2.16. The van der Waals surface area contributed by atoms with E-state index in [1.54, 1.807) is 11.9 Å². The van der Waals surface area contributed by atoms with Crippen LogP contribution in [0, 0.1) is 0 Å². The molecular formula is C10H12FNO2S. The maximum atomic E-state index is 12.4. The summed E-state index contributed by atoms with van der Waals surface area (Å²) in [6.07, 6.45) is 0. The van der Waals surface area contributed by atoms with Gasteiger partial charge in [0, 0.05) is 18.4 Å². The highest BCUT2D eigenvalue weighted by atomic mass is 32.3. The predicted molar refractivity (Wildman–Crippen MR) is 58.6 cm³/mol. The monoisotopic (exact) mass is 229 g/mol. The number of halogens is 1. The summed E-state index contributed by atoms with van der Waals surface area (Å²) in [5.74, 6) is 0. The van der Waals surface area contributed by atoms with Gasteiger partial charge in [-0.05, 0) is 19.1 Å². The van der Waals surface area contributed by atoms with Gasteiger partial charge in [0.2, 0.25) is 0 Å². The first-order chi connectivity index (χ1) is 6.90. The molecule has 1 aromatic carbocycles. The van der Waals surface area contributed by atoms with E-state index in [2.05, 4.69) is 0 Å². The Morgan fingerprint density at radius 3 is 2.33 bits per heavy atom. The average Bonchev–Trinajstić information content (AvgIpc) is 2.15. The number of anilines is 1. The van der Waals surface area contributed by atoms with Crippen LogP contribution < -0.4 is 4.90 Å². The second-order valence-electron chi connectivity index (χ2n) is 3.13. The van der Waals surface area contributed by atoms with Crippen LogP contribution in [-0.4, -0.2) is 15.5 Å². The van der Waals surface area contributed by atoms with Crippen molar-refractivity contribution < 1.29 is 12.3 Å². The van der Waals surface area contributed by atoms with E-state index in [9.17, 15) is 12.3 Å². The second-order valence-corrected chi connectivity index (χ2v) is 4.32. The van der Waals surface area contributed by atoms with Crippen LogP contribution in [0.15, 0.2) is 41.4 Å². The molecule has 0 bridgehead atoms. The van der Waals surface area contributed by atoms with Gasteiger partial charge in [0.25, 0.3) is 0 Å². The van der Waals surface area contributed by atoms with Crippen LogP contribution in [0.5, 0.6) is 0 Å². The quantitative estimate of drug-likeness (QED) is 0.746. The fourth-order valence-electron chi connectivity index (χ4n) is 1.14. The van der Waals surface area contributed by atoms with Crippen LogP contribution in [0.4, 0.5) is 9.57 Å². The van der Waals surface area contributed by atoms with Gasteiger partial charge < -0.3 is 4.90 Å². The Hall–Kier alpha value is -1.36. The first-order valence-corrected chi connectivity index (χ1v) is 5.76. The molecule has 5 heteroatoms. The molecule has 82 valence electrons. The van der Waals surface area contributed by atoms with Gasteiger partial charge in [-0.25, -0.2) is 0 Å². The zero-order valence-corrected chi connectivity index (χ0v) is 9.33. The molecule has 0 unspecified atom stereocenters. The molecule has 0 heterocycles. The van der Waals surface area contributed by atoms with Gasteiger partial charge in [0.15, 0.2) is 0 Å². The van der Waals surface area contributed by atoms with Crippen molar-refractivity contribution in [1.29, 1.82) is 0 Å². The minimum atomic E-state index is -4.58. The second kappa shape index (κ2) is 4.44. The summed E-state index contributed by atoms with van der Waals surface area (Å²) in [5, 5.41) is 0.597. The molecule has 0 spiro atoms. The summed E-state index contributed by atoms with van der Waals surface area (Å²) in [4.78, 5) is 1.59. The minimum absolute atomic E-state index is 0.323. The standard InChI is InChI=1S/C10H12FNO2S/c1-9(8-15(11,13)14)12(2)10-6-4-3-5-7-10/h3-8H,1-2H3/b9-8+. The van der Waals surface area contributed by atoms with Crippen LogP contribution in [0.3, 0.4) is 0 Å². The normalized spacial score (nSPS) is 12.6. The molecule has 0 saturated carbocycles. The Morgan fingerprint density at radius 1 is 1.33 bits per heavy atom. The summed E-state index contributed by atoms with van der Waals surface area (Å²) in [7, 11) is -2.91. The zero-order valence-electron chi connectivity index (χ0n) is 8.51. The zero-order chi connectivity index (χ0) is 11.5. The molecule has 0 atom stereocenters. The summed E-state index contributed by atoms with van der Waals surface area (Å²) in [5.41, 5.74) is 1.12. The van der Waals surface area contributed by atoms with Gasteiger partial charge in [0.1, 0.15) is 0 Å². The molecule has 0 saturated heterocycles. The molecule has 0 aliphatic heterocycles. The third kappa shape index (κ3) is 3.71. The molecule has 0 aliphatic rings. The van der Waals surface area contributed by atoms with E-state index >= 15 is 0 Å². The molecule has 0 radical (unpaired) electrons. The Labute approximate surface area is 89.0 Å². The van der Waals surface area contributed by atoms with Gasteiger partial charge in [-0.2, -0.15) is 8.42 Å². The molecule has 1 aromatic rings. The molecular weight excluding hydrogens is 217 g/mol. The smallest absolute Gasteiger partial charge is 0.326 e. The van der Waals surface area contributed by atoms with Gasteiger partial charge in [-0.15, -0.1) is 3.89 Å². The lowest BCUT2D eigenvalue weighted by molar-refractivity contribution is 0.562. The van der Waals surface area contributed by atoms with E-state index in [1.165, 1.54) is 6.92 Å². The van der Waals surface area contributed by atoms with Gasteiger partial charge in [0.05, 0.1) is 5.41 Å². The lowest BCUT2D eigenvalue weighted by Crippen LogP contribution is -2.14. The molecule has 0 aliphatic carbocycles. The van der Waals surface area contributed by atoms with Crippen molar-refractivity contribution >= 4 is 15.9 Å². The van der Waals surface area contributed by atoms with Crippen molar-refractivity contribution in [2.45, 2.75) is 6.92 Å². The molecule has 0 N–H and O–H groups in total. The van der Waals surface area contributed by atoms with Crippen LogP contribution >= 0.6 is 0 Å². The minimum Gasteiger partial charge on any atom is -0.348 e. The van der Waals surface area contributed by atoms with E-state index in [0.29, 0.717) is 11.1 Å². The topological polar surface area (TPSA) is 37.4 Å². The maximum Gasteiger partial charge on any atom is 0.326 e. The lowest BCUT2D eigenvalue weighted by Gasteiger charge is -2.19. The Balaban J connectivity index is 2.97. The van der Waals surface area contributed by atoms with Crippen molar-refractivity contribution in [2.24, 2.45) is 0 Å². The van der Waals surface area contributed by atoms with Gasteiger partial charge in [-0.3, -0.25) is 0 Å². The Morgan fingerprint density at radius 2 is 1.87 bits per heavy atom. The number of hydrogen-bond acceptors (Lipinski definition) is 3. The number of allylic oxidation sites excluding steroid dienone is 1. The average molecular weight is 229 g/mol. The summed E-state index contributed by atoms with van der Waals surface area (Å²) in [6.45, 7) is 1.53. The third-order valence-electron chi connectivity index (χ3n) is 1.98. The molecule has 0 fully saturated rings. The third-order valence-corrected chi connectivity index (χ3v) is 2.61. The number of rotatable bonds is 3. The number of benzene rings is 1. The fourth-order valence-corrected chi connectivity index (χ4v) is 1.70. The van der Waals surface area contributed by atoms with Crippen molar-refractivity contribution in [3.63, 3.8) is 0 Å². The van der Waals surface area contributed by atoms with E-state index < -0.39 is 10.2 Å². The van der Waals surface area contributed by atoms with Crippen LogP contribution in [0.1, 0.15) is 6.92 Å². The first kappa shape index (κ1) is 11.7. The number of para-hydroxylation sites is 1. The van der Waals surface area contributed by atoms with E-state index in [-0.39, 0.29) is 0 Å². The van der Waals surface area contributed by atoms with E-state index in [0.717, 1.165) is 5.69 Å². The highest BCUT2D eigenvalue weighted by molar-refractivity contribution is 7.89. The number of hydrogen-bond donors (Lipinski definition) is 0. The van der Waals surface area contributed by atoms with Crippen LogP contribution in [0.25, 0.3) is 0 Å². The highest BCUT2D eigenvalue weighted by Gasteiger charge is 2.07. The fraction of sp³-hybridized carbons (Fsp3) is 0.200. The van der Waals surface area contributed by atoms with E-state index in [1.807, 2.05) is 30.3 Å². The molecule has 1 rings (SSSR count). The van der Waals surface area contributed by atoms with Gasteiger partial charge >= 0.3 is 10.2 Å². The van der Waals surface area contributed by atoms with E-state index in [4.69, 9.17) is 0 Å². The molecule has 15 heavy (non-hydrogen) atoms. The lowest BCUT2D eigenvalue weighted by atomic mass is 10.3. The van der Waals surface area contributed by atoms with Crippen LogP contribution in [-0.2, 0) is 10.2 Å². The SMILES string of the molecule is C/C(=C\S(=O)(=O)F)N(C)c1ccccc1. The summed E-state index contributed by atoms with van der Waals surface area (Å²) >= 11 is 0. The van der Waals surface area contributed by atoms with Gasteiger partial charge in [-0.1, -0.05) is 18.2 Å². The Bertz CT molecular complexity index is 454. The van der Waals surface area contributed by atoms with Crippen molar-refractivity contribution in [1.82, 2.24) is 0 Å². The van der Waals surface area contributed by atoms with Crippen molar-refractivity contribution in [3.8, 4) is 0 Å². The Kier molecular flexibility index (Phi) is 3.47. The predicted octanol–water partition coefficient (Wildman–Crippen LogP) is 2.28. The molecule has 3 nitrogen and oxygen atoms in total. The number of nitrogens with zero attached hydrogens (tertiary/aromatic N) is 1. The largest absolute Gasteiger partial charge is 0.348 e. The van der Waals surface area contributed by atoms with Crippen LogP contribution in [0.2, 0.25) is 0 Å². The maximum absolute atomic E-state index is 12.4. The molecule has 0 amide bonds. The first-order valence-electron chi connectivity index (χ1n) is 4.32. The molecule has 0 aromatic heterocycles. The van der Waals surface area contributed by atoms with Crippen molar-refractivity contribution in [2.75, 3.05) is 11.9 Å². The summed E-state index contributed by atoms with van der Waals surface area (Å²) < 4.78 is 33.2.